The minimum Gasteiger partial charge on any atom is -0.490 e. The van der Waals surface area contributed by atoms with Crippen LogP contribution < -0.4 is 9.47 Å². The number of rotatable bonds is 8. The number of Topliss-reactive ketones (excluding diaryl/α,β-unsaturated/α-hetero) is 2. The molecule has 224 valence electrons. The Bertz CT molecular complexity index is 1430. The molecule has 1 heterocycles. The highest BCUT2D eigenvalue weighted by Gasteiger charge is 2.49. The molecular weight excluding hydrogens is 644 g/mol. The standard InChI is InChI=1S/C35H41FINO4/c1-7-13-38-25-16-34(3,4)18-27(39)31(25)30(32-26(38)17-35(5,6)19-28(32)40)22-14-24(37)33(29(15-22)41-8-2)42-20-21-11-9-10-12-23(21)36/h9-12,14-15,30H,7-8,13,16-20H2,1-6H3. The van der Waals surface area contributed by atoms with Crippen LogP contribution in [0.3, 0.4) is 0 Å². The van der Waals surface area contributed by atoms with Gasteiger partial charge in [-0.2, -0.15) is 0 Å². The summed E-state index contributed by atoms with van der Waals surface area (Å²) in [6.07, 6.45) is 3.39. The summed E-state index contributed by atoms with van der Waals surface area (Å²) in [5.41, 5.74) is 4.65. The van der Waals surface area contributed by atoms with Gasteiger partial charge in [0.25, 0.3) is 0 Å². The van der Waals surface area contributed by atoms with Crippen LogP contribution in [0.2, 0.25) is 0 Å². The molecule has 42 heavy (non-hydrogen) atoms. The molecule has 5 rings (SSSR count). The van der Waals surface area contributed by atoms with Crippen LogP contribution in [0.25, 0.3) is 0 Å². The number of halogens is 2. The second-order valence-electron chi connectivity index (χ2n) is 13.3. The number of carbonyl (C=O) groups is 2. The van der Waals surface area contributed by atoms with Crippen LogP contribution in [0.4, 0.5) is 4.39 Å². The third-order valence-corrected chi connectivity index (χ3v) is 9.27. The van der Waals surface area contributed by atoms with Crippen LogP contribution in [-0.4, -0.2) is 29.6 Å². The molecule has 0 bridgehead atoms. The molecule has 5 nitrogen and oxygen atoms in total. The summed E-state index contributed by atoms with van der Waals surface area (Å²) in [7, 11) is 0. The first-order valence-corrected chi connectivity index (χ1v) is 16.1. The Morgan fingerprint density at radius 3 is 2.05 bits per heavy atom. The van der Waals surface area contributed by atoms with Crippen LogP contribution in [0.15, 0.2) is 58.9 Å². The molecule has 2 aromatic rings. The van der Waals surface area contributed by atoms with Crippen LogP contribution in [0.5, 0.6) is 11.5 Å². The monoisotopic (exact) mass is 685 g/mol. The number of hydrogen-bond donors (Lipinski definition) is 0. The van der Waals surface area contributed by atoms with Gasteiger partial charge in [-0.3, -0.25) is 9.59 Å². The Labute approximate surface area is 262 Å². The fourth-order valence-corrected chi connectivity index (χ4v) is 7.58. The van der Waals surface area contributed by atoms with Gasteiger partial charge in [0.15, 0.2) is 23.1 Å². The maximum atomic E-state index is 14.3. The molecule has 0 fully saturated rings. The summed E-state index contributed by atoms with van der Waals surface area (Å²) >= 11 is 2.22. The van der Waals surface area contributed by atoms with Crippen molar-refractivity contribution < 1.29 is 23.5 Å². The fourth-order valence-electron chi connectivity index (χ4n) is 6.80. The number of ether oxygens (including phenoxy) is 2. The van der Waals surface area contributed by atoms with Gasteiger partial charge in [0, 0.05) is 53.4 Å². The van der Waals surface area contributed by atoms with Crippen molar-refractivity contribution >= 4 is 34.2 Å². The summed E-state index contributed by atoms with van der Waals surface area (Å²) in [5.74, 6) is 0.515. The van der Waals surface area contributed by atoms with Crippen molar-refractivity contribution in [1.82, 2.24) is 4.90 Å². The summed E-state index contributed by atoms with van der Waals surface area (Å²) in [5, 5.41) is 0. The van der Waals surface area contributed by atoms with Crippen LogP contribution in [0, 0.1) is 20.2 Å². The van der Waals surface area contributed by atoms with Gasteiger partial charge in [-0.05, 0) is 83.4 Å². The molecule has 0 saturated carbocycles. The van der Waals surface area contributed by atoms with E-state index < -0.39 is 5.92 Å². The van der Waals surface area contributed by atoms with E-state index in [4.69, 9.17) is 9.47 Å². The maximum absolute atomic E-state index is 14.3. The molecule has 2 aliphatic carbocycles. The molecule has 0 unspecified atom stereocenters. The molecule has 0 atom stereocenters. The fraction of sp³-hybridized carbons (Fsp3) is 0.486. The average molecular weight is 686 g/mol. The molecule has 0 aromatic heterocycles. The SMILES string of the molecule is CCCN1C2=C(C(=O)CC(C)(C)C2)C(c2cc(I)c(OCc3ccccc3F)c(OCC)c2)C2=C1CC(C)(C)CC2=O. The van der Waals surface area contributed by atoms with E-state index >= 15 is 0 Å². The first-order valence-electron chi connectivity index (χ1n) is 15.0. The van der Waals surface area contributed by atoms with E-state index in [9.17, 15) is 14.0 Å². The summed E-state index contributed by atoms with van der Waals surface area (Å²) < 4.78 is 27.4. The van der Waals surface area contributed by atoms with Crippen molar-refractivity contribution in [1.29, 1.82) is 0 Å². The molecule has 0 radical (unpaired) electrons. The highest BCUT2D eigenvalue weighted by molar-refractivity contribution is 14.1. The molecule has 0 amide bonds. The Morgan fingerprint density at radius 2 is 1.50 bits per heavy atom. The highest BCUT2D eigenvalue weighted by Crippen LogP contribution is 2.55. The first-order chi connectivity index (χ1) is 19.9. The molecule has 0 spiro atoms. The van der Waals surface area contributed by atoms with E-state index in [0.717, 1.165) is 57.5 Å². The lowest BCUT2D eigenvalue weighted by Crippen LogP contribution is -2.44. The van der Waals surface area contributed by atoms with Crippen molar-refractivity contribution in [3.63, 3.8) is 0 Å². The highest BCUT2D eigenvalue weighted by atomic mass is 127. The Balaban J connectivity index is 1.67. The molecule has 7 heteroatoms. The Kier molecular flexibility index (Phi) is 8.63. The third kappa shape index (κ3) is 5.90. The van der Waals surface area contributed by atoms with Crippen molar-refractivity contribution in [3.8, 4) is 11.5 Å². The Hall–Kier alpha value is -2.68. The largest absolute Gasteiger partial charge is 0.490 e. The maximum Gasteiger partial charge on any atom is 0.174 e. The number of carbonyl (C=O) groups excluding carboxylic acids is 2. The smallest absolute Gasteiger partial charge is 0.174 e. The van der Waals surface area contributed by atoms with E-state index in [2.05, 4.69) is 62.1 Å². The molecule has 0 saturated heterocycles. The molecule has 2 aromatic carbocycles. The van der Waals surface area contributed by atoms with Crippen molar-refractivity contribution in [2.24, 2.45) is 10.8 Å². The zero-order valence-corrected chi connectivity index (χ0v) is 27.7. The summed E-state index contributed by atoms with van der Waals surface area (Å²) in [6.45, 7) is 13.9. The van der Waals surface area contributed by atoms with Crippen molar-refractivity contribution in [3.05, 3.63) is 79.5 Å². The van der Waals surface area contributed by atoms with E-state index in [1.807, 2.05) is 19.1 Å². The number of nitrogens with zero attached hydrogens (tertiary/aromatic N) is 1. The van der Waals surface area contributed by atoms with Crippen molar-refractivity contribution in [2.75, 3.05) is 13.2 Å². The normalized spacial score (nSPS) is 20.0. The lowest BCUT2D eigenvalue weighted by Gasteiger charge is -2.49. The van der Waals surface area contributed by atoms with Crippen LogP contribution in [0.1, 0.15) is 90.7 Å². The Morgan fingerprint density at radius 1 is 0.905 bits per heavy atom. The van der Waals surface area contributed by atoms with Gasteiger partial charge >= 0.3 is 0 Å². The third-order valence-electron chi connectivity index (χ3n) is 8.46. The lowest BCUT2D eigenvalue weighted by atomic mass is 9.63. The second kappa shape index (κ2) is 11.8. The van der Waals surface area contributed by atoms with Crippen LogP contribution >= 0.6 is 22.6 Å². The summed E-state index contributed by atoms with van der Waals surface area (Å²) in [4.78, 5) is 30.4. The van der Waals surface area contributed by atoms with Gasteiger partial charge in [0.1, 0.15) is 12.4 Å². The number of allylic oxidation sites excluding steroid dienone is 4. The summed E-state index contributed by atoms with van der Waals surface area (Å²) in [6, 6.07) is 10.5. The zero-order chi connectivity index (χ0) is 30.4. The first kappa shape index (κ1) is 30.8. The van der Waals surface area contributed by atoms with Gasteiger partial charge in [-0.15, -0.1) is 0 Å². The predicted octanol–water partition coefficient (Wildman–Crippen LogP) is 8.50. The van der Waals surface area contributed by atoms with Gasteiger partial charge in [0.05, 0.1) is 10.2 Å². The lowest BCUT2D eigenvalue weighted by molar-refractivity contribution is -0.119. The average Bonchev–Trinajstić information content (AvgIpc) is 2.88. The molecule has 0 N–H and O–H groups in total. The van der Waals surface area contributed by atoms with Gasteiger partial charge in [0.2, 0.25) is 0 Å². The van der Waals surface area contributed by atoms with Crippen molar-refractivity contribution in [2.45, 2.75) is 86.2 Å². The van der Waals surface area contributed by atoms with Gasteiger partial charge < -0.3 is 14.4 Å². The minimum atomic E-state index is -0.455. The van der Waals surface area contributed by atoms with Gasteiger partial charge in [-0.25, -0.2) is 4.39 Å². The number of ketones is 2. The van der Waals surface area contributed by atoms with Gasteiger partial charge in [-0.1, -0.05) is 52.8 Å². The van der Waals surface area contributed by atoms with E-state index in [1.165, 1.54) is 6.07 Å². The van der Waals surface area contributed by atoms with Crippen LogP contribution in [-0.2, 0) is 16.2 Å². The molecule has 1 aliphatic heterocycles. The zero-order valence-electron chi connectivity index (χ0n) is 25.5. The van der Waals surface area contributed by atoms with E-state index in [1.54, 1.807) is 18.2 Å². The van der Waals surface area contributed by atoms with E-state index in [0.29, 0.717) is 36.5 Å². The minimum absolute atomic E-state index is 0.0588. The second-order valence-corrected chi connectivity index (χ2v) is 14.5. The molecule has 3 aliphatic rings. The number of benzene rings is 2. The quantitative estimate of drug-likeness (QED) is 0.261. The predicted molar refractivity (Wildman–Crippen MR) is 171 cm³/mol. The topological polar surface area (TPSA) is 55.8 Å². The molecular formula is C35H41FINO4. The van der Waals surface area contributed by atoms with E-state index in [-0.39, 0.29) is 34.8 Å². The number of hydrogen-bond acceptors (Lipinski definition) is 5.